The summed E-state index contributed by atoms with van der Waals surface area (Å²) >= 11 is 5.91. The van der Waals surface area contributed by atoms with E-state index < -0.39 is 5.82 Å². The fourth-order valence-corrected chi connectivity index (χ4v) is 2.97. The van der Waals surface area contributed by atoms with Crippen LogP contribution in [-0.4, -0.2) is 22.3 Å². The zero-order valence-corrected chi connectivity index (χ0v) is 15.1. The molecule has 4 rings (SSSR count). The number of carbonyl (C=O) groups excluding carboxylic acids is 1. The Balaban J connectivity index is 1.49. The number of aromatic nitrogens is 2. The third kappa shape index (κ3) is 4.11. The van der Waals surface area contributed by atoms with E-state index >= 15 is 0 Å². The average Bonchev–Trinajstić information content (AvgIpc) is 3.43. The minimum atomic E-state index is -0.462. The average molecular weight is 386 g/mol. The minimum absolute atomic E-state index is 0.119. The van der Waals surface area contributed by atoms with Crippen LogP contribution in [0.5, 0.6) is 5.75 Å². The van der Waals surface area contributed by atoms with Crippen LogP contribution in [0.25, 0.3) is 5.69 Å². The summed E-state index contributed by atoms with van der Waals surface area (Å²) in [5.74, 6) is 0.483. The number of hydrogen-bond donors (Lipinski definition) is 1. The Hall–Kier alpha value is -2.86. The Morgan fingerprint density at radius 1 is 1.22 bits per heavy atom. The monoisotopic (exact) mass is 385 g/mol. The van der Waals surface area contributed by atoms with Gasteiger partial charge in [0.15, 0.2) is 6.61 Å². The lowest BCUT2D eigenvalue weighted by Gasteiger charge is -2.10. The van der Waals surface area contributed by atoms with E-state index in [-0.39, 0.29) is 23.3 Å². The van der Waals surface area contributed by atoms with Crippen molar-refractivity contribution in [1.29, 1.82) is 0 Å². The smallest absolute Gasteiger partial charge is 0.263 e. The van der Waals surface area contributed by atoms with Crippen LogP contribution in [0.15, 0.2) is 54.6 Å². The largest absolute Gasteiger partial charge is 0.482 e. The molecule has 0 aliphatic heterocycles. The second-order valence-corrected chi connectivity index (χ2v) is 6.79. The van der Waals surface area contributed by atoms with E-state index in [4.69, 9.17) is 16.3 Å². The lowest BCUT2D eigenvalue weighted by molar-refractivity contribution is -0.118. The molecule has 1 aliphatic rings. The van der Waals surface area contributed by atoms with E-state index in [1.807, 2.05) is 36.4 Å². The van der Waals surface area contributed by atoms with Gasteiger partial charge in [-0.15, -0.1) is 0 Å². The number of para-hydroxylation sites is 1. The first-order chi connectivity index (χ1) is 13.1. The van der Waals surface area contributed by atoms with E-state index in [0.717, 1.165) is 30.3 Å². The molecule has 0 radical (unpaired) electrons. The van der Waals surface area contributed by atoms with E-state index in [2.05, 4.69) is 10.4 Å². The number of nitrogens with zero attached hydrogens (tertiary/aromatic N) is 2. The molecular formula is C20H17ClFN3O2. The Labute approximate surface area is 160 Å². The summed E-state index contributed by atoms with van der Waals surface area (Å²) in [6.07, 6.45) is 2.23. The van der Waals surface area contributed by atoms with Crippen LogP contribution in [0.1, 0.15) is 24.5 Å². The molecule has 1 fully saturated rings. The molecule has 138 valence electrons. The molecule has 0 bridgehead atoms. The molecule has 1 saturated carbocycles. The normalized spacial score (nSPS) is 13.4. The first-order valence-electron chi connectivity index (χ1n) is 8.63. The van der Waals surface area contributed by atoms with Crippen molar-refractivity contribution in [3.63, 3.8) is 0 Å². The fourth-order valence-electron chi connectivity index (χ4n) is 2.75. The minimum Gasteiger partial charge on any atom is -0.482 e. The molecule has 1 N–H and O–H groups in total. The topological polar surface area (TPSA) is 56.1 Å². The quantitative estimate of drug-likeness (QED) is 0.676. The number of benzene rings is 2. The molecular weight excluding hydrogens is 369 g/mol. The predicted octanol–water partition coefficient (Wildman–Crippen LogP) is 4.56. The highest BCUT2D eigenvalue weighted by molar-refractivity contribution is 6.32. The molecule has 1 heterocycles. The molecule has 5 nitrogen and oxygen atoms in total. The van der Waals surface area contributed by atoms with Crippen LogP contribution in [0.2, 0.25) is 5.02 Å². The first kappa shape index (κ1) is 17.5. The van der Waals surface area contributed by atoms with Gasteiger partial charge in [0.05, 0.1) is 16.4 Å². The first-order valence-corrected chi connectivity index (χ1v) is 9.01. The van der Waals surface area contributed by atoms with Crippen molar-refractivity contribution in [1.82, 2.24) is 9.78 Å². The maximum atomic E-state index is 13.1. The van der Waals surface area contributed by atoms with E-state index in [0.29, 0.717) is 11.7 Å². The van der Waals surface area contributed by atoms with Gasteiger partial charge in [0.1, 0.15) is 17.4 Å². The van der Waals surface area contributed by atoms with Gasteiger partial charge in [-0.05, 0) is 43.2 Å². The standard InChI is InChI=1S/C20H17ClFN3O2/c21-16-10-14(22)8-9-18(16)27-12-20(26)23-19-11-17(13-6-7-13)24-25(19)15-4-2-1-3-5-15/h1-5,8-11,13H,6-7,12H2,(H,23,26). The molecule has 0 unspecified atom stereocenters. The molecule has 1 aromatic heterocycles. The lowest BCUT2D eigenvalue weighted by atomic mass is 10.3. The Bertz CT molecular complexity index is 971. The van der Waals surface area contributed by atoms with Gasteiger partial charge in [-0.25, -0.2) is 9.07 Å². The molecule has 7 heteroatoms. The molecule has 2 aromatic carbocycles. The van der Waals surface area contributed by atoms with Gasteiger partial charge in [0.25, 0.3) is 5.91 Å². The summed E-state index contributed by atoms with van der Waals surface area (Å²) in [6.45, 7) is -0.246. The SMILES string of the molecule is O=C(COc1ccc(F)cc1Cl)Nc1cc(C2CC2)nn1-c1ccccc1. The summed E-state index contributed by atoms with van der Waals surface area (Å²) in [5, 5.41) is 7.59. The van der Waals surface area contributed by atoms with Crippen molar-refractivity contribution < 1.29 is 13.9 Å². The highest BCUT2D eigenvalue weighted by Crippen LogP contribution is 2.40. The Morgan fingerprint density at radius 3 is 2.70 bits per heavy atom. The van der Waals surface area contributed by atoms with Crippen molar-refractivity contribution in [3.05, 3.63) is 71.1 Å². The van der Waals surface area contributed by atoms with Crippen LogP contribution in [-0.2, 0) is 4.79 Å². The fraction of sp³-hybridized carbons (Fsp3) is 0.200. The van der Waals surface area contributed by atoms with Gasteiger partial charge in [0, 0.05) is 12.0 Å². The molecule has 1 amide bonds. The molecule has 3 aromatic rings. The summed E-state index contributed by atoms with van der Waals surface area (Å²) < 4.78 is 20.2. The van der Waals surface area contributed by atoms with Crippen molar-refractivity contribution in [2.24, 2.45) is 0 Å². The zero-order chi connectivity index (χ0) is 18.8. The van der Waals surface area contributed by atoms with Crippen LogP contribution < -0.4 is 10.1 Å². The summed E-state index contributed by atoms with van der Waals surface area (Å²) in [4.78, 5) is 12.3. The van der Waals surface area contributed by atoms with Crippen molar-refractivity contribution in [2.75, 3.05) is 11.9 Å². The summed E-state index contributed by atoms with van der Waals surface area (Å²) in [7, 11) is 0. The molecule has 0 saturated heterocycles. The second kappa shape index (κ2) is 7.40. The number of hydrogen-bond acceptors (Lipinski definition) is 3. The van der Waals surface area contributed by atoms with Crippen LogP contribution in [0, 0.1) is 5.82 Å². The van der Waals surface area contributed by atoms with Gasteiger partial charge in [0.2, 0.25) is 0 Å². The zero-order valence-electron chi connectivity index (χ0n) is 14.4. The highest BCUT2D eigenvalue weighted by Gasteiger charge is 2.28. The van der Waals surface area contributed by atoms with Crippen molar-refractivity contribution in [2.45, 2.75) is 18.8 Å². The van der Waals surface area contributed by atoms with Crippen LogP contribution >= 0.6 is 11.6 Å². The number of anilines is 1. The van der Waals surface area contributed by atoms with Crippen molar-refractivity contribution >= 4 is 23.3 Å². The lowest BCUT2D eigenvalue weighted by Crippen LogP contribution is -2.22. The van der Waals surface area contributed by atoms with Crippen molar-refractivity contribution in [3.8, 4) is 11.4 Å². The van der Waals surface area contributed by atoms with Gasteiger partial charge in [-0.1, -0.05) is 29.8 Å². The number of carbonyl (C=O) groups is 1. The summed E-state index contributed by atoms with van der Waals surface area (Å²) in [6, 6.07) is 15.3. The number of rotatable bonds is 6. The number of nitrogens with one attached hydrogen (secondary N) is 1. The number of halogens is 2. The molecule has 0 atom stereocenters. The second-order valence-electron chi connectivity index (χ2n) is 6.39. The number of ether oxygens (including phenoxy) is 1. The Morgan fingerprint density at radius 2 is 2.00 bits per heavy atom. The molecule has 0 spiro atoms. The molecule has 1 aliphatic carbocycles. The number of amides is 1. The van der Waals surface area contributed by atoms with Gasteiger partial charge >= 0.3 is 0 Å². The van der Waals surface area contributed by atoms with E-state index in [1.165, 1.54) is 12.1 Å². The van der Waals surface area contributed by atoms with Gasteiger partial charge in [-0.2, -0.15) is 5.10 Å². The summed E-state index contributed by atoms with van der Waals surface area (Å²) in [5.41, 5.74) is 1.83. The van der Waals surface area contributed by atoms with Gasteiger partial charge in [-0.3, -0.25) is 4.79 Å². The predicted molar refractivity (Wildman–Crippen MR) is 101 cm³/mol. The van der Waals surface area contributed by atoms with Crippen LogP contribution in [0.4, 0.5) is 10.2 Å². The van der Waals surface area contributed by atoms with Crippen LogP contribution in [0.3, 0.4) is 0 Å². The maximum Gasteiger partial charge on any atom is 0.263 e. The van der Waals surface area contributed by atoms with Gasteiger partial charge < -0.3 is 10.1 Å². The maximum absolute atomic E-state index is 13.1. The highest BCUT2D eigenvalue weighted by atomic mass is 35.5. The molecule has 27 heavy (non-hydrogen) atoms. The van der Waals surface area contributed by atoms with E-state index in [9.17, 15) is 9.18 Å². The van der Waals surface area contributed by atoms with E-state index in [1.54, 1.807) is 4.68 Å². The third-order valence-corrected chi connectivity index (χ3v) is 4.54. The third-order valence-electron chi connectivity index (χ3n) is 4.24. The Kier molecular flexibility index (Phi) is 4.81.